The number of fused-ring (bicyclic) bond motifs is 4. The average molecular weight is 568 g/mol. The third kappa shape index (κ3) is 4.28. The summed E-state index contributed by atoms with van der Waals surface area (Å²) in [6.45, 7) is -0.0600. The van der Waals surface area contributed by atoms with Gasteiger partial charge in [-0.1, -0.05) is 24.3 Å². The van der Waals surface area contributed by atoms with Crippen LogP contribution in [0.25, 0.3) is 10.9 Å². The zero-order valence-corrected chi connectivity index (χ0v) is 22.1. The summed E-state index contributed by atoms with van der Waals surface area (Å²) in [6, 6.07) is 11.2. The van der Waals surface area contributed by atoms with E-state index >= 15 is 0 Å². The van der Waals surface area contributed by atoms with Crippen molar-refractivity contribution in [2.75, 3.05) is 20.7 Å². The number of H-pyrrole nitrogens is 1. The molecule has 2 fully saturated rings. The molecule has 3 aliphatic rings. The molecule has 2 saturated heterocycles. The Morgan fingerprint density at radius 2 is 1.80 bits per heavy atom. The highest BCUT2D eigenvalue weighted by Gasteiger charge is 2.49. The van der Waals surface area contributed by atoms with Crippen molar-refractivity contribution in [2.24, 2.45) is 0 Å². The van der Waals surface area contributed by atoms with Gasteiger partial charge in [0.2, 0.25) is 18.1 Å². The Morgan fingerprint density at radius 3 is 2.54 bits per heavy atom. The Hall–Kier alpha value is -4.17. The molecule has 2 amide bonds. The smallest absolute Gasteiger partial charge is 0.335 e. The molecule has 0 unspecified atom stereocenters. The average Bonchev–Trinajstić information content (AvgIpc) is 3.33. The van der Waals surface area contributed by atoms with Gasteiger partial charge in [-0.25, -0.2) is 4.79 Å². The van der Waals surface area contributed by atoms with Crippen LogP contribution in [-0.2, 0) is 25.5 Å². The number of nitrogens with one attached hydrogen (secondary N) is 1. The largest absolute Gasteiger partial charge is 0.493 e. The molecule has 0 aliphatic carbocycles. The third-order valence-corrected chi connectivity index (χ3v) is 8.01. The highest BCUT2D eigenvalue weighted by Crippen LogP contribution is 2.44. The van der Waals surface area contributed by atoms with E-state index in [2.05, 4.69) is 4.98 Å². The van der Waals surface area contributed by atoms with E-state index < -0.39 is 48.8 Å². The molecule has 5 N–H and O–H groups in total. The molecule has 0 spiro atoms. The number of ether oxygens (including phenoxy) is 3. The van der Waals surface area contributed by atoms with Crippen molar-refractivity contribution in [2.45, 2.75) is 49.2 Å². The van der Waals surface area contributed by atoms with Crippen LogP contribution in [0, 0.1) is 0 Å². The van der Waals surface area contributed by atoms with Crippen molar-refractivity contribution in [3.8, 4) is 11.5 Å². The quantitative estimate of drug-likeness (QED) is 0.276. The Kier molecular flexibility index (Phi) is 6.61. The van der Waals surface area contributed by atoms with Gasteiger partial charge in [-0.15, -0.1) is 0 Å². The minimum atomic E-state index is -1.86. The van der Waals surface area contributed by atoms with Crippen molar-refractivity contribution in [1.29, 1.82) is 0 Å². The van der Waals surface area contributed by atoms with E-state index in [4.69, 9.17) is 14.2 Å². The molecule has 6 rings (SSSR count). The Morgan fingerprint density at radius 1 is 1.05 bits per heavy atom. The number of aliphatic hydroxyl groups is 3. The standard InChI is InChI=1S/C28H29N3O10/c1-30-11-19(32)31-16(26(30)36)10-14-13-5-3-4-6-15(13)29-20(14)21(31)12-7-8-17(18(9-12)39-2)40-28-24(35)22(33)23(34)25(41-28)27(37)38/h3-9,16,21-25,28-29,33-35H,10-11H2,1-2H3,(H,37,38)/t16-,21-,22+,23+,24-,25+,28-/m1/s1. The van der Waals surface area contributed by atoms with E-state index in [0.717, 1.165) is 22.2 Å². The number of rotatable bonds is 5. The maximum atomic E-state index is 13.4. The lowest BCUT2D eigenvalue weighted by molar-refractivity contribution is -0.271. The van der Waals surface area contributed by atoms with Crippen LogP contribution in [0.15, 0.2) is 42.5 Å². The summed E-state index contributed by atoms with van der Waals surface area (Å²) < 4.78 is 16.5. The minimum Gasteiger partial charge on any atom is -0.493 e. The molecule has 4 heterocycles. The summed E-state index contributed by atoms with van der Waals surface area (Å²) in [5.74, 6) is -1.69. The van der Waals surface area contributed by atoms with Gasteiger partial charge in [0.05, 0.1) is 19.7 Å². The van der Waals surface area contributed by atoms with Crippen LogP contribution in [0.5, 0.6) is 11.5 Å². The number of piperazine rings is 1. The first kappa shape index (κ1) is 27.0. The lowest BCUT2D eigenvalue weighted by atomic mass is 9.86. The van der Waals surface area contributed by atoms with Crippen LogP contribution in [-0.4, -0.2) is 110 Å². The molecular formula is C28H29N3O10. The number of aliphatic carboxylic acids is 1. The molecule has 0 bridgehead atoms. The molecule has 7 atom stereocenters. The number of hydrogen-bond donors (Lipinski definition) is 5. The number of carbonyl (C=O) groups excluding carboxylic acids is 2. The number of amides is 2. The Bertz CT molecular complexity index is 1540. The van der Waals surface area contributed by atoms with Gasteiger partial charge in [-0.3, -0.25) is 9.59 Å². The van der Waals surface area contributed by atoms with Crippen LogP contribution >= 0.6 is 0 Å². The molecule has 2 aromatic carbocycles. The summed E-state index contributed by atoms with van der Waals surface area (Å²) in [6.07, 6.45) is -8.55. The highest BCUT2D eigenvalue weighted by molar-refractivity contribution is 5.97. The van der Waals surface area contributed by atoms with Crippen molar-refractivity contribution < 1.29 is 49.0 Å². The minimum absolute atomic E-state index is 0.0537. The van der Waals surface area contributed by atoms with Crippen molar-refractivity contribution in [1.82, 2.24) is 14.8 Å². The van der Waals surface area contributed by atoms with Gasteiger partial charge in [-0.05, 0) is 29.3 Å². The van der Waals surface area contributed by atoms with Gasteiger partial charge in [0.1, 0.15) is 24.4 Å². The number of aromatic nitrogens is 1. The predicted molar refractivity (Wildman–Crippen MR) is 140 cm³/mol. The van der Waals surface area contributed by atoms with Crippen LogP contribution in [0.4, 0.5) is 0 Å². The zero-order chi connectivity index (χ0) is 29.2. The second kappa shape index (κ2) is 10.0. The second-order valence-corrected chi connectivity index (χ2v) is 10.4. The molecule has 41 heavy (non-hydrogen) atoms. The molecule has 3 aliphatic heterocycles. The molecule has 3 aromatic rings. The molecule has 13 heteroatoms. The van der Waals surface area contributed by atoms with Crippen LogP contribution < -0.4 is 9.47 Å². The van der Waals surface area contributed by atoms with E-state index in [9.17, 15) is 34.8 Å². The van der Waals surface area contributed by atoms with Gasteiger partial charge >= 0.3 is 5.97 Å². The van der Waals surface area contributed by atoms with E-state index in [0.29, 0.717) is 12.0 Å². The number of carboxylic acid groups (broad SMARTS) is 1. The Balaban J connectivity index is 1.40. The lowest BCUT2D eigenvalue weighted by Crippen LogP contribution is -2.62. The summed E-state index contributed by atoms with van der Waals surface area (Å²) >= 11 is 0. The normalized spacial score (nSPS) is 29.7. The van der Waals surface area contributed by atoms with Gasteiger partial charge in [-0.2, -0.15) is 0 Å². The topological polar surface area (TPSA) is 182 Å². The number of carboxylic acids is 1. The SMILES string of the molecule is COc1cc([C@@H]2c3[nH]c4ccccc4c3C[C@@H]3C(=O)N(C)CC(=O)N23)ccc1O[C@@H]1O[C@H](C(=O)O)[C@@H](O)[C@H](O)[C@H]1O. The molecule has 0 radical (unpaired) electrons. The van der Waals surface area contributed by atoms with E-state index in [-0.39, 0.29) is 29.9 Å². The van der Waals surface area contributed by atoms with Crippen LogP contribution in [0.3, 0.4) is 0 Å². The first-order chi connectivity index (χ1) is 19.6. The number of aliphatic hydroxyl groups excluding tert-OH is 3. The van der Waals surface area contributed by atoms with Gasteiger partial charge in [0.15, 0.2) is 17.6 Å². The summed E-state index contributed by atoms with van der Waals surface area (Å²) in [7, 11) is 2.99. The number of aromatic amines is 1. The van der Waals surface area contributed by atoms with Gasteiger partial charge in [0, 0.05) is 30.1 Å². The second-order valence-electron chi connectivity index (χ2n) is 10.4. The number of nitrogens with zero attached hydrogens (tertiary/aromatic N) is 2. The fraction of sp³-hybridized carbons (Fsp3) is 0.393. The summed E-state index contributed by atoms with van der Waals surface area (Å²) in [5.41, 5.74) is 3.20. The highest BCUT2D eigenvalue weighted by atomic mass is 16.7. The van der Waals surface area contributed by atoms with Gasteiger partial charge < -0.3 is 49.4 Å². The van der Waals surface area contributed by atoms with Crippen LogP contribution in [0.2, 0.25) is 0 Å². The lowest BCUT2D eigenvalue weighted by Gasteiger charge is -2.46. The third-order valence-electron chi connectivity index (χ3n) is 8.01. The predicted octanol–water partition coefficient (Wildman–Crippen LogP) is -0.238. The Labute approximate surface area is 233 Å². The number of para-hydroxylation sites is 1. The monoisotopic (exact) mass is 567 g/mol. The van der Waals surface area contributed by atoms with E-state index in [1.165, 1.54) is 18.1 Å². The maximum absolute atomic E-state index is 13.4. The van der Waals surface area contributed by atoms with Crippen molar-refractivity contribution >= 4 is 28.7 Å². The number of hydrogen-bond acceptors (Lipinski definition) is 9. The number of carbonyl (C=O) groups is 3. The number of methoxy groups -OCH3 is 1. The van der Waals surface area contributed by atoms with Crippen LogP contribution in [0.1, 0.15) is 22.9 Å². The molecule has 13 nitrogen and oxygen atoms in total. The molecule has 216 valence electrons. The number of likely N-dealkylation sites (N-methyl/N-ethyl adjacent to an activating group) is 1. The zero-order valence-electron chi connectivity index (χ0n) is 22.1. The molecule has 0 saturated carbocycles. The van der Waals surface area contributed by atoms with E-state index in [1.54, 1.807) is 24.1 Å². The first-order valence-electron chi connectivity index (χ1n) is 13.0. The summed E-state index contributed by atoms with van der Waals surface area (Å²) in [5, 5.41) is 40.8. The first-order valence-corrected chi connectivity index (χ1v) is 13.0. The maximum Gasteiger partial charge on any atom is 0.335 e. The van der Waals surface area contributed by atoms with Crippen molar-refractivity contribution in [3.63, 3.8) is 0 Å². The summed E-state index contributed by atoms with van der Waals surface area (Å²) in [4.78, 5) is 44.6. The fourth-order valence-electron chi connectivity index (χ4n) is 5.98. The molecule has 1 aromatic heterocycles. The number of benzene rings is 2. The van der Waals surface area contributed by atoms with Gasteiger partial charge in [0.25, 0.3) is 0 Å². The van der Waals surface area contributed by atoms with Crippen molar-refractivity contribution in [3.05, 3.63) is 59.3 Å². The molecular weight excluding hydrogens is 538 g/mol. The van der Waals surface area contributed by atoms with E-state index in [1.807, 2.05) is 24.3 Å². The fourth-order valence-corrected chi connectivity index (χ4v) is 5.98.